The number of aliphatic imine (C=N–C) groups is 1. The van der Waals surface area contributed by atoms with Crippen molar-refractivity contribution >= 4 is 29.0 Å². The van der Waals surface area contributed by atoms with Crippen molar-refractivity contribution in [3.63, 3.8) is 0 Å². The van der Waals surface area contributed by atoms with Crippen LogP contribution in [0.2, 0.25) is 5.02 Å². The number of carbonyl (C=O) groups is 1. The third kappa shape index (κ3) is 3.17. The maximum absolute atomic E-state index is 11.8. The van der Waals surface area contributed by atoms with Crippen LogP contribution in [0.1, 0.15) is 28.6 Å². The van der Waals surface area contributed by atoms with E-state index in [1.165, 1.54) is 38.1 Å². The Balaban J connectivity index is 2.60. The molecule has 6 nitrogen and oxygen atoms in total. The van der Waals surface area contributed by atoms with Gasteiger partial charge in [-0.15, -0.1) is 0 Å². The second-order valence-electron chi connectivity index (χ2n) is 4.57. The highest BCUT2D eigenvalue weighted by Gasteiger charge is 2.15. The summed E-state index contributed by atoms with van der Waals surface area (Å²) in [7, 11) is 0. The third-order valence-electron chi connectivity index (χ3n) is 2.89. The Morgan fingerprint density at radius 2 is 2.00 bits per heavy atom. The molecule has 0 unspecified atom stereocenters. The first-order valence-electron chi connectivity index (χ1n) is 6.22. The van der Waals surface area contributed by atoms with Gasteiger partial charge < -0.3 is 14.6 Å². The van der Waals surface area contributed by atoms with Gasteiger partial charge in [-0.05, 0) is 32.0 Å². The summed E-state index contributed by atoms with van der Waals surface area (Å²) in [4.78, 5) is 27.1. The van der Waals surface area contributed by atoms with Crippen molar-refractivity contribution < 1.29 is 19.4 Å². The third-order valence-corrected chi connectivity index (χ3v) is 3.13. The lowest BCUT2D eigenvalue weighted by molar-refractivity contribution is 0.0698. The summed E-state index contributed by atoms with van der Waals surface area (Å²) in [6.07, 6.45) is 0. The minimum absolute atomic E-state index is 0.108. The average Bonchev–Trinajstić information content (AvgIpc) is 2.39. The van der Waals surface area contributed by atoms with E-state index in [0.29, 0.717) is 0 Å². The van der Waals surface area contributed by atoms with E-state index in [1.54, 1.807) is 0 Å². The molecule has 2 N–H and O–H groups in total. The van der Waals surface area contributed by atoms with Crippen LogP contribution in [0.15, 0.2) is 38.5 Å². The Labute approximate surface area is 130 Å². The molecule has 0 aliphatic rings. The molecule has 1 aromatic carbocycles. The number of hydrogen-bond acceptors (Lipinski definition) is 5. The van der Waals surface area contributed by atoms with Crippen LogP contribution >= 0.6 is 11.6 Å². The number of carboxylic acids is 1. The molecular formula is C15H12ClNO5. The number of benzene rings is 1. The molecule has 0 bridgehead atoms. The van der Waals surface area contributed by atoms with E-state index in [0.717, 1.165) is 0 Å². The van der Waals surface area contributed by atoms with Gasteiger partial charge in [-0.3, -0.25) is 4.99 Å². The van der Waals surface area contributed by atoms with Gasteiger partial charge in [0.2, 0.25) is 0 Å². The zero-order valence-corrected chi connectivity index (χ0v) is 12.5. The van der Waals surface area contributed by atoms with Crippen molar-refractivity contribution in [2.75, 3.05) is 0 Å². The molecule has 0 amide bonds. The molecule has 114 valence electrons. The number of halogens is 1. The van der Waals surface area contributed by atoms with Crippen molar-refractivity contribution in [2.45, 2.75) is 13.8 Å². The summed E-state index contributed by atoms with van der Waals surface area (Å²) < 4.78 is 4.91. The summed E-state index contributed by atoms with van der Waals surface area (Å²) in [6, 6.07) is 5.45. The predicted octanol–water partition coefficient (Wildman–Crippen LogP) is 3.15. The summed E-state index contributed by atoms with van der Waals surface area (Å²) >= 11 is 5.77. The second kappa shape index (κ2) is 6.03. The Morgan fingerprint density at radius 3 is 2.59 bits per heavy atom. The average molecular weight is 322 g/mol. The molecule has 1 aromatic heterocycles. The van der Waals surface area contributed by atoms with Crippen molar-refractivity contribution in [1.82, 2.24) is 0 Å². The van der Waals surface area contributed by atoms with Gasteiger partial charge in [0.1, 0.15) is 17.1 Å². The molecule has 1 heterocycles. The van der Waals surface area contributed by atoms with Crippen LogP contribution in [0.4, 0.5) is 5.69 Å². The Kier molecular flexibility index (Phi) is 4.32. The molecule has 0 atom stereocenters. The van der Waals surface area contributed by atoms with Crippen LogP contribution in [0.5, 0.6) is 5.75 Å². The first-order valence-corrected chi connectivity index (χ1v) is 6.59. The standard InChI is InChI=1S/C15H12ClNO5/c1-7-5-12(18)13(15(21)22-7)8(2)17-11-4-3-9(16)6-10(11)14(19)20/h3-6,18H,1-2H3,(H,19,20). The molecule has 0 aliphatic heterocycles. The van der Waals surface area contributed by atoms with Gasteiger partial charge in [0.05, 0.1) is 17.0 Å². The number of rotatable bonds is 3. The number of aryl methyl sites for hydroxylation is 1. The van der Waals surface area contributed by atoms with Gasteiger partial charge in [-0.25, -0.2) is 9.59 Å². The molecule has 7 heteroatoms. The molecule has 2 rings (SSSR count). The van der Waals surface area contributed by atoms with Crippen LogP contribution in [-0.4, -0.2) is 21.9 Å². The normalized spacial score (nSPS) is 11.5. The molecule has 2 aromatic rings. The Bertz CT molecular complexity index is 838. The number of aromatic hydroxyl groups is 1. The predicted molar refractivity (Wildman–Crippen MR) is 81.7 cm³/mol. The number of carboxylic acid groups (broad SMARTS) is 1. The van der Waals surface area contributed by atoms with E-state index in [-0.39, 0.29) is 39.1 Å². The van der Waals surface area contributed by atoms with Crippen LogP contribution in [0.25, 0.3) is 0 Å². The summed E-state index contributed by atoms with van der Waals surface area (Å²) in [5, 5.41) is 19.3. The Hall–Kier alpha value is -2.60. The molecule has 0 spiro atoms. The first-order chi connectivity index (χ1) is 10.3. The highest BCUT2D eigenvalue weighted by atomic mass is 35.5. The lowest BCUT2D eigenvalue weighted by atomic mass is 10.1. The molecule has 0 fully saturated rings. The fourth-order valence-electron chi connectivity index (χ4n) is 1.94. The van der Waals surface area contributed by atoms with Gasteiger partial charge in [-0.2, -0.15) is 0 Å². The van der Waals surface area contributed by atoms with Crippen molar-refractivity contribution in [2.24, 2.45) is 4.99 Å². The smallest absolute Gasteiger partial charge is 0.348 e. The van der Waals surface area contributed by atoms with Crippen LogP contribution in [0, 0.1) is 6.92 Å². The molecule has 0 saturated heterocycles. The quantitative estimate of drug-likeness (QED) is 0.846. The van der Waals surface area contributed by atoms with Gasteiger partial charge in [0.25, 0.3) is 0 Å². The van der Waals surface area contributed by atoms with Gasteiger partial charge in [0, 0.05) is 11.1 Å². The number of nitrogens with zero attached hydrogens (tertiary/aromatic N) is 1. The lowest BCUT2D eigenvalue weighted by Crippen LogP contribution is -2.13. The van der Waals surface area contributed by atoms with E-state index in [9.17, 15) is 14.7 Å². The maximum atomic E-state index is 11.8. The summed E-state index contributed by atoms with van der Waals surface area (Å²) in [5.41, 5.74) is -0.714. The van der Waals surface area contributed by atoms with Crippen molar-refractivity contribution in [3.8, 4) is 5.75 Å². The van der Waals surface area contributed by atoms with Crippen molar-refractivity contribution in [3.05, 3.63) is 56.6 Å². The monoisotopic (exact) mass is 321 g/mol. The minimum atomic E-state index is -1.20. The topological polar surface area (TPSA) is 100 Å². The fourth-order valence-corrected chi connectivity index (χ4v) is 2.11. The molecule has 22 heavy (non-hydrogen) atoms. The highest BCUT2D eigenvalue weighted by Crippen LogP contribution is 2.25. The van der Waals surface area contributed by atoms with E-state index < -0.39 is 11.6 Å². The zero-order valence-electron chi connectivity index (χ0n) is 11.8. The van der Waals surface area contributed by atoms with Crippen LogP contribution in [-0.2, 0) is 0 Å². The zero-order chi connectivity index (χ0) is 16.4. The van der Waals surface area contributed by atoms with Gasteiger partial charge in [-0.1, -0.05) is 11.6 Å². The van der Waals surface area contributed by atoms with Crippen LogP contribution < -0.4 is 5.63 Å². The molecule has 0 radical (unpaired) electrons. The largest absolute Gasteiger partial charge is 0.507 e. The number of hydrogen-bond donors (Lipinski definition) is 2. The van der Waals surface area contributed by atoms with Gasteiger partial charge in [0.15, 0.2) is 0 Å². The van der Waals surface area contributed by atoms with Crippen molar-refractivity contribution in [1.29, 1.82) is 0 Å². The SMILES string of the molecule is CC(=Nc1ccc(Cl)cc1C(=O)O)c1c(O)cc(C)oc1=O. The van der Waals surface area contributed by atoms with E-state index >= 15 is 0 Å². The van der Waals surface area contributed by atoms with E-state index in [2.05, 4.69) is 4.99 Å². The summed E-state index contributed by atoms with van der Waals surface area (Å²) in [5.74, 6) is -1.22. The van der Waals surface area contributed by atoms with E-state index in [1.807, 2.05) is 0 Å². The molecule has 0 saturated carbocycles. The lowest BCUT2D eigenvalue weighted by Gasteiger charge is -2.06. The highest BCUT2D eigenvalue weighted by molar-refractivity contribution is 6.31. The summed E-state index contributed by atoms with van der Waals surface area (Å²) in [6.45, 7) is 3.00. The van der Waals surface area contributed by atoms with Gasteiger partial charge >= 0.3 is 11.6 Å². The van der Waals surface area contributed by atoms with E-state index in [4.69, 9.17) is 21.1 Å². The maximum Gasteiger partial charge on any atom is 0.348 e. The molecular weight excluding hydrogens is 310 g/mol. The fraction of sp³-hybridized carbons (Fsp3) is 0.133. The Morgan fingerprint density at radius 1 is 1.32 bits per heavy atom. The second-order valence-corrected chi connectivity index (χ2v) is 5.01. The minimum Gasteiger partial charge on any atom is -0.507 e. The number of aromatic carboxylic acids is 1. The molecule has 0 aliphatic carbocycles. The van der Waals surface area contributed by atoms with Crippen LogP contribution in [0.3, 0.4) is 0 Å². The first kappa shape index (κ1) is 15.8.